The van der Waals surface area contributed by atoms with Crippen molar-refractivity contribution in [2.24, 2.45) is 0 Å². The predicted octanol–water partition coefficient (Wildman–Crippen LogP) is 4.79. The molecule has 6 heteroatoms. The van der Waals surface area contributed by atoms with E-state index in [1.54, 1.807) is 12.6 Å². The number of anilines is 1. The average molecular weight is 359 g/mol. The van der Waals surface area contributed by atoms with Crippen LogP contribution in [0.25, 0.3) is 22.0 Å². The number of rotatable bonds is 4. The van der Waals surface area contributed by atoms with Gasteiger partial charge in [-0.3, -0.25) is 0 Å². The van der Waals surface area contributed by atoms with Crippen LogP contribution in [0.15, 0.2) is 65.5 Å². The molecule has 1 aliphatic heterocycles. The molecule has 1 atom stereocenters. The summed E-state index contributed by atoms with van der Waals surface area (Å²) in [5, 5.41) is 4.37. The van der Waals surface area contributed by atoms with Crippen LogP contribution in [-0.4, -0.2) is 16.8 Å². The maximum absolute atomic E-state index is 5.50. The van der Waals surface area contributed by atoms with E-state index in [4.69, 9.17) is 13.9 Å². The summed E-state index contributed by atoms with van der Waals surface area (Å²) in [7, 11) is 0. The Morgan fingerprint density at radius 3 is 2.70 bits per heavy atom. The van der Waals surface area contributed by atoms with Crippen LogP contribution in [0.5, 0.6) is 11.5 Å². The third-order valence-electron chi connectivity index (χ3n) is 4.66. The molecule has 1 N–H and O–H groups in total. The first-order valence-corrected chi connectivity index (χ1v) is 8.73. The molecule has 0 saturated heterocycles. The summed E-state index contributed by atoms with van der Waals surface area (Å²) in [6.45, 7) is 2.30. The standard InChI is InChI=1S/C21H17N3O3/c1-13(18-3-2-8-25-18)24-21-16-9-14(4-6-17(16)22-11-23-21)15-5-7-19-20(10-15)27-12-26-19/h2-11,13H,12H2,1H3,(H,22,23,24). The third-order valence-corrected chi connectivity index (χ3v) is 4.66. The third kappa shape index (κ3) is 2.85. The van der Waals surface area contributed by atoms with Gasteiger partial charge in [-0.15, -0.1) is 0 Å². The Labute approximate surface area is 155 Å². The molecule has 4 aromatic rings. The van der Waals surface area contributed by atoms with Gasteiger partial charge in [0.2, 0.25) is 6.79 Å². The summed E-state index contributed by atoms with van der Waals surface area (Å²) in [6, 6.07) is 15.9. The molecule has 6 nitrogen and oxygen atoms in total. The fourth-order valence-corrected chi connectivity index (χ4v) is 3.24. The molecular weight excluding hydrogens is 342 g/mol. The van der Waals surface area contributed by atoms with E-state index in [0.29, 0.717) is 0 Å². The van der Waals surface area contributed by atoms with Crippen molar-refractivity contribution in [3.05, 3.63) is 66.9 Å². The normalized spacial score (nSPS) is 13.7. The topological polar surface area (TPSA) is 69.4 Å². The van der Waals surface area contributed by atoms with Crippen LogP contribution < -0.4 is 14.8 Å². The van der Waals surface area contributed by atoms with Gasteiger partial charge < -0.3 is 19.2 Å². The second kappa shape index (κ2) is 6.32. The smallest absolute Gasteiger partial charge is 0.231 e. The molecule has 0 fully saturated rings. The maximum Gasteiger partial charge on any atom is 0.231 e. The van der Waals surface area contributed by atoms with Crippen LogP contribution in [0, 0.1) is 0 Å². The van der Waals surface area contributed by atoms with E-state index < -0.39 is 0 Å². The molecule has 2 aromatic carbocycles. The van der Waals surface area contributed by atoms with E-state index in [1.165, 1.54) is 0 Å². The van der Waals surface area contributed by atoms with Crippen molar-refractivity contribution < 1.29 is 13.9 Å². The van der Waals surface area contributed by atoms with Gasteiger partial charge in [-0.05, 0) is 54.4 Å². The molecule has 0 amide bonds. The van der Waals surface area contributed by atoms with Gasteiger partial charge in [0.25, 0.3) is 0 Å². The highest BCUT2D eigenvalue weighted by Crippen LogP contribution is 2.37. The number of nitrogens with one attached hydrogen (secondary N) is 1. The number of benzene rings is 2. The minimum Gasteiger partial charge on any atom is -0.467 e. The molecule has 0 radical (unpaired) electrons. The summed E-state index contributed by atoms with van der Waals surface area (Å²) in [5.41, 5.74) is 2.99. The lowest BCUT2D eigenvalue weighted by Gasteiger charge is -2.14. The summed E-state index contributed by atoms with van der Waals surface area (Å²) in [4.78, 5) is 8.83. The second-order valence-corrected chi connectivity index (χ2v) is 6.40. The van der Waals surface area contributed by atoms with Crippen molar-refractivity contribution in [3.8, 4) is 22.6 Å². The second-order valence-electron chi connectivity index (χ2n) is 6.40. The molecule has 1 aliphatic rings. The largest absolute Gasteiger partial charge is 0.467 e. The fourth-order valence-electron chi connectivity index (χ4n) is 3.24. The lowest BCUT2D eigenvalue weighted by molar-refractivity contribution is 0.174. The number of ether oxygens (including phenoxy) is 2. The van der Waals surface area contributed by atoms with Crippen molar-refractivity contribution in [2.75, 3.05) is 12.1 Å². The Hall–Kier alpha value is -3.54. The summed E-state index contributed by atoms with van der Waals surface area (Å²) >= 11 is 0. The average Bonchev–Trinajstić information content (AvgIpc) is 3.39. The Kier molecular flexibility index (Phi) is 3.67. The number of nitrogens with zero attached hydrogens (tertiary/aromatic N) is 2. The summed E-state index contributed by atoms with van der Waals surface area (Å²) in [5.74, 6) is 3.17. The molecule has 0 aliphatic carbocycles. The minimum absolute atomic E-state index is 0.00713. The Bertz CT molecular complexity index is 1110. The highest BCUT2D eigenvalue weighted by molar-refractivity contribution is 5.92. The van der Waals surface area contributed by atoms with Gasteiger partial charge in [0.05, 0.1) is 17.8 Å². The zero-order chi connectivity index (χ0) is 18.2. The van der Waals surface area contributed by atoms with Gasteiger partial charge in [-0.25, -0.2) is 9.97 Å². The molecule has 1 unspecified atom stereocenters. The van der Waals surface area contributed by atoms with Gasteiger partial charge in [0.1, 0.15) is 17.9 Å². The molecule has 0 spiro atoms. The number of hydrogen-bond acceptors (Lipinski definition) is 6. The first-order valence-electron chi connectivity index (χ1n) is 8.73. The van der Waals surface area contributed by atoms with Crippen molar-refractivity contribution >= 4 is 16.7 Å². The number of hydrogen-bond donors (Lipinski definition) is 1. The molecule has 27 heavy (non-hydrogen) atoms. The van der Waals surface area contributed by atoms with E-state index in [9.17, 15) is 0 Å². The number of fused-ring (bicyclic) bond motifs is 2. The van der Waals surface area contributed by atoms with Gasteiger partial charge in [0.15, 0.2) is 11.5 Å². The first-order chi connectivity index (χ1) is 13.3. The molecule has 0 saturated carbocycles. The lowest BCUT2D eigenvalue weighted by Crippen LogP contribution is -2.07. The van der Waals surface area contributed by atoms with Crippen molar-refractivity contribution in [3.63, 3.8) is 0 Å². The van der Waals surface area contributed by atoms with Crippen molar-refractivity contribution in [1.29, 1.82) is 0 Å². The molecule has 3 heterocycles. The van der Waals surface area contributed by atoms with Crippen LogP contribution in [0.4, 0.5) is 5.82 Å². The van der Waals surface area contributed by atoms with Crippen LogP contribution in [-0.2, 0) is 0 Å². The SMILES string of the molecule is CC(Nc1ncnc2ccc(-c3ccc4c(c3)OCO4)cc12)c1ccco1. The van der Waals surface area contributed by atoms with Crippen LogP contribution >= 0.6 is 0 Å². The zero-order valence-corrected chi connectivity index (χ0v) is 14.7. The molecule has 5 rings (SSSR count). The highest BCUT2D eigenvalue weighted by atomic mass is 16.7. The van der Waals surface area contributed by atoms with Crippen LogP contribution in [0.2, 0.25) is 0 Å². The lowest BCUT2D eigenvalue weighted by atomic mass is 10.0. The quantitative estimate of drug-likeness (QED) is 0.565. The Morgan fingerprint density at radius 1 is 0.963 bits per heavy atom. The minimum atomic E-state index is -0.00713. The highest BCUT2D eigenvalue weighted by Gasteiger charge is 2.15. The number of furan rings is 1. The van der Waals surface area contributed by atoms with E-state index in [0.717, 1.165) is 45.1 Å². The van der Waals surface area contributed by atoms with Gasteiger partial charge in [-0.2, -0.15) is 0 Å². The van der Waals surface area contributed by atoms with E-state index in [-0.39, 0.29) is 12.8 Å². The van der Waals surface area contributed by atoms with E-state index >= 15 is 0 Å². The van der Waals surface area contributed by atoms with E-state index in [1.807, 2.05) is 49.4 Å². The molecule has 0 bridgehead atoms. The van der Waals surface area contributed by atoms with Crippen LogP contribution in [0.3, 0.4) is 0 Å². The first kappa shape index (κ1) is 15.7. The van der Waals surface area contributed by atoms with E-state index in [2.05, 4.69) is 21.4 Å². The van der Waals surface area contributed by atoms with Gasteiger partial charge in [-0.1, -0.05) is 12.1 Å². The van der Waals surface area contributed by atoms with Gasteiger partial charge in [0, 0.05) is 5.39 Å². The maximum atomic E-state index is 5.50. The predicted molar refractivity (Wildman–Crippen MR) is 102 cm³/mol. The van der Waals surface area contributed by atoms with Crippen molar-refractivity contribution in [2.45, 2.75) is 13.0 Å². The number of aromatic nitrogens is 2. The summed E-state index contributed by atoms with van der Waals surface area (Å²) in [6.07, 6.45) is 3.24. The Balaban J connectivity index is 1.54. The zero-order valence-electron chi connectivity index (χ0n) is 14.7. The monoisotopic (exact) mass is 359 g/mol. The Morgan fingerprint density at radius 2 is 1.81 bits per heavy atom. The fraction of sp³-hybridized carbons (Fsp3) is 0.143. The van der Waals surface area contributed by atoms with Crippen molar-refractivity contribution in [1.82, 2.24) is 9.97 Å². The summed E-state index contributed by atoms with van der Waals surface area (Å²) < 4.78 is 16.4. The molecule has 2 aromatic heterocycles. The molecular formula is C21H17N3O3. The van der Waals surface area contributed by atoms with Gasteiger partial charge >= 0.3 is 0 Å². The van der Waals surface area contributed by atoms with Crippen LogP contribution in [0.1, 0.15) is 18.7 Å². The molecule has 134 valence electrons.